The number of aliphatic hydroxyl groups is 1. The smallest absolute Gasteiger partial charge is 0.408 e. The highest BCUT2D eigenvalue weighted by Crippen LogP contribution is 2.59. The van der Waals surface area contributed by atoms with E-state index in [1.54, 1.807) is 85.8 Å². The van der Waals surface area contributed by atoms with E-state index in [-0.39, 0.29) is 103 Å². The number of carbonyl (C=O) groups is 6. The molecule has 7 aromatic carbocycles. The van der Waals surface area contributed by atoms with Gasteiger partial charge in [0.1, 0.15) is 91.4 Å². The summed E-state index contributed by atoms with van der Waals surface area (Å²) in [5.74, 6) is 1.62. The maximum Gasteiger partial charge on any atom is 0.408 e. The fourth-order valence-electron chi connectivity index (χ4n) is 21.9. The highest BCUT2D eigenvalue weighted by Gasteiger charge is 2.60. The minimum absolute atomic E-state index is 0.0306. The quantitative estimate of drug-likeness (QED) is 0.0142. The molecule has 3 N–H and O–H groups in total. The summed E-state index contributed by atoms with van der Waals surface area (Å²) in [5.41, 5.74) is 19.1. The Bertz CT molecular complexity index is 5800. The molecule has 686 valence electrons. The van der Waals surface area contributed by atoms with Gasteiger partial charge in [0.25, 0.3) is 0 Å². The number of rotatable bonds is 27. The molecule has 0 unspecified atom stereocenters. The topological polar surface area (TPSA) is 290 Å². The average Bonchev–Trinajstić information content (AvgIpc) is 1.61. The molecule has 9 aliphatic rings. The zero-order chi connectivity index (χ0) is 93.7. The van der Waals surface area contributed by atoms with Crippen molar-refractivity contribution in [3.63, 3.8) is 0 Å². The molecule has 2 amide bonds. The molecule has 6 heterocycles. The molecule has 24 nitrogen and oxygen atoms in total. The van der Waals surface area contributed by atoms with Gasteiger partial charge in [-0.2, -0.15) is 34.0 Å². The lowest BCUT2D eigenvalue weighted by Crippen LogP contribution is -2.70. The van der Waals surface area contributed by atoms with Gasteiger partial charge >= 0.3 is 24.1 Å². The molecular weight excluding hydrogens is 1690 g/mol. The van der Waals surface area contributed by atoms with Gasteiger partial charge in [-0.1, -0.05) is 147 Å². The summed E-state index contributed by atoms with van der Waals surface area (Å²) in [5, 5.41) is 39.5. The van der Waals surface area contributed by atoms with Crippen molar-refractivity contribution in [1.82, 2.24) is 30.2 Å². The second-order valence-corrected chi connectivity index (χ2v) is 39.4. The van der Waals surface area contributed by atoms with Gasteiger partial charge in [-0.05, 0) is 212 Å². The van der Waals surface area contributed by atoms with Crippen LogP contribution in [-0.4, -0.2) is 210 Å². The van der Waals surface area contributed by atoms with E-state index in [0.29, 0.717) is 59.2 Å². The van der Waals surface area contributed by atoms with Crippen LogP contribution < -0.4 is 34.3 Å². The highest BCUT2D eigenvalue weighted by molar-refractivity contribution is 7.99. The highest BCUT2D eigenvalue weighted by atomic mass is 32.2. The number of benzene rings is 7. The molecule has 4 bridgehead atoms. The average molecular weight is 1810 g/mol. The summed E-state index contributed by atoms with van der Waals surface area (Å²) in [6.07, 6.45) is 5.32. The van der Waals surface area contributed by atoms with Crippen LogP contribution in [0.15, 0.2) is 170 Å². The number of alkyl carbamates (subject to hydrolysis) is 2. The normalized spacial score (nSPS) is 22.1. The number of aliphatic hydroxyl groups excluding tert-OH is 1. The Kier molecular flexibility index (Phi) is 27.8. The number of ketones is 2. The third-order valence-corrected chi connectivity index (χ3v) is 29.4. The van der Waals surface area contributed by atoms with Crippen molar-refractivity contribution in [2.24, 2.45) is 0 Å². The monoisotopic (exact) mass is 1810 g/mol. The molecule has 0 aromatic heterocycles. The number of allylic oxidation sites excluding steroid dienone is 2. The van der Waals surface area contributed by atoms with E-state index >= 15 is 0 Å². The maximum atomic E-state index is 14.9. The fourth-order valence-corrected chi connectivity index (χ4v) is 24.3. The number of ether oxygens (including phenoxy) is 9. The predicted molar refractivity (Wildman–Crippen MR) is 507 cm³/mol. The second-order valence-electron chi connectivity index (χ2n) is 37.2. The summed E-state index contributed by atoms with van der Waals surface area (Å²) in [6, 6.07) is 35.7. The van der Waals surface area contributed by atoms with E-state index in [1.807, 2.05) is 57.0 Å². The first kappa shape index (κ1) is 94.0. The summed E-state index contributed by atoms with van der Waals surface area (Å²) in [4.78, 5) is 92.2. The van der Waals surface area contributed by atoms with E-state index in [1.165, 1.54) is 68.8 Å². The molecule has 16 rings (SSSR count). The Hall–Kier alpha value is -11.6. The number of aryl methyl sites for hydroxylation is 2. The van der Waals surface area contributed by atoms with Crippen LogP contribution in [0, 0.1) is 57.3 Å². The predicted octanol–water partition coefficient (Wildman–Crippen LogP) is 16.9. The Balaban J connectivity index is 0.000000202. The van der Waals surface area contributed by atoms with Crippen LogP contribution in [0.25, 0.3) is 22.3 Å². The second kappa shape index (κ2) is 38.7. The molecule has 6 aliphatic heterocycles. The van der Waals surface area contributed by atoms with Crippen molar-refractivity contribution in [2.45, 2.75) is 204 Å². The first-order valence-electron chi connectivity index (χ1n) is 44.8. The maximum absolute atomic E-state index is 14.9. The van der Waals surface area contributed by atoms with Crippen molar-refractivity contribution >= 4 is 59.2 Å². The molecule has 7 aromatic rings. The number of thioether (sulfide) groups is 2. The Labute approximate surface area is 776 Å². The molecule has 26 heteroatoms. The van der Waals surface area contributed by atoms with Crippen LogP contribution in [-0.2, 0) is 57.4 Å². The molecular formula is C105H118N8O16S2. The SMILES string of the molecule is C=CCOc1c(C)c(OCC=C)c(OCC=C)c2c1C[C@H]1[C@H]3c4c(cc(C)c(OC)c4C)C[C@@H]([C@H](C#N)N1[C@H]2COC(=O)[C@@H](CSCC1c2ccccc2-c2ccccc21)NC(=O)OC(C)(C)C)N3C.COc1c(C)cc2c(c1C)[C@@H]1[C@@H]3CC4=C(C(=O)C(=O)C(C)=C4O)[C@H](COC(=O)[C@@H](CSCC4c5ccccc5-c5ccccc54)NC(=O)OC(C)(C)C)N3[C@@H](C#N)[C@H](C2)N1C. The van der Waals surface area contributed by atoms with E-state index in [4.69, 9.17) is 42.6 Å². The van der Waals surface area contributed by atoms with Crippen molar-refractivity contribution in [2.75, 3.05) is 84.4 Å². The standard InChI is InChI=1S/C57H66N4O8S.C48H52N4O8S/c1-12-23-65-52-35(6)53(66-24-13-2)54(67-25-14-3)49-41(52)28-45-50-48-34(5)51(64-11)33(4)26-36(48)27-44(60(50)10)46(29-58)61(45)47(49)30-68-55(62)43(59-56(63)69-57(7,8)9)32-70-31-42-39-21-17-15-19-37(39)38-20-16-18-22-40(38)42;1-24-17-27-18-35-37(20-49)52-36(41(51(35)7)39(27)25(2)45(24)58-8)19-32-40(44(55)43(54)26(3)42(32)53)38(52)21-59-46(56)34(50-47(57)60-48(4,5)6)23-61-22-33-30-15-11-9-13-28(30)29-14-10-12-16-31(29)33/h12-22,26,42-47,50H,1-3,23-25,27-28,30-32H2,4-11H3,(H,59,63);9-17,33-38,41,53H,18-19,21-23H2,1-8H3,(H,50,57)/t43-,44+,45+,46+,47+,50+;34-,35+,36+,37+,38+,41+/m11/s1. The van der Waals surface area contributed by atoms with Crippen LogP contribution in [0.3, 0.4) is 0 Å². The van der Waals surface area contributed by atoms with Crippen molar-refractivity contribution < 1.29 is 76.5 Å². The van der Waals surface area contributed by atoms with E-state index < -0.39 is 95.8 Å². The van der Waals surface area contributed by atoms with Gasteiger partial charge in [-0.3, -0.25) is 29.2 Å². The lowest BCUT2D eigenvalue weighted by atomic mass is 9.69. The fraction of sp³-hybridized carbons (Fsp3) is 0.429. The molecule has 3 aliphatic carbocycles. The number of nitrogens with one attached hydrogen (secondary N) is 2. The molecule has 0 spiro atoms. The van der Waals surface area contributed by atoms with Crippen LogP contribution in [0.1, 0.15) is 168 Å². The number of nitrogens with zero attached hydrogens (tertiary/aromatic N) is 6. The number of carbonyl (C=O) groups excluding carboxylic acids is 6. The van der Waals surface area contributed by atoms with Gasteiger partial charge in [-0.25, -0.2) is 19.2 Å². The number of hydrogen-bond donors (Lipinski definition) is 3. The number of nitriles is 2. The summed E-state index contributed by atoms with van der Waals surface area (Å²) in [6.45, 7) is 33.9. The minimum atomic E-state index is -1.15. The van der Waals surface area contributed by atoms with Gasteiger partial charge in [0.2, 0.25) is 11.6 Å². The van der Waals surface area contributed by atoms with Gasteiger partial charge in [-0.15, -0.1) is 0 Å². The third kappa shape index (κ3) is 17.8. The van der Waals surface area contributed by atoms with Crippen LogP contribution in [0.4, 0.5) is 9.59 Å². The Morgan fingerprint density at radius 2 is 0.908 bits per heavy atom. The summed E-state index contributed by atoms with van der Waals surface area (Å²) < 4.78 is 55.5. The Morgan fingerprint density at radius 1 is 0.519 bits per heavy atom. The Morgan fingerprint density at radius 3 is 1.31 bits per heavy atom. The molecule has 131 heavy (non-hydrogen) atoms. The number of amides is 2. The van der Waals surface area contributed by atoms with Crippen molar-refractivity contribution in [3.05, 3.63) is 253 Å². The van der Waals surface area contributed by atoms with Crippen LogP contribution in [0.2, 0.25) is 0 Å². The third-order valence-electron chi connectivity index (χ3n) is 27.1. The van der Waals surface area contributed by atoms with Gasteiger partial charge < -0.3 is 58.4 Å². The number of fused-ring (bicyclic) bond motifs is 19. The van der Waals surface area contributed by atoms with E-state index in [9.17, 15) is 44.4 Å². The molecule has 2 fully saturated rings. The lowest BCUT2D eigenvalue weighted by molar-refractivity contribution is -0.151. The lowest BCUT2D eigenvalue weighted by Gasteiger charge is -2.60. The number of hydrogen-bond acceptors (Lipinski definition) is 24. The number of esters is 2. The minimum Gasteiger partial charge on any atom is -0.507 e. The van der Waals surface area contributed by atoms with Crippen molar-refractivity contribution in [1.29, 1.82) is 10.5 Å². The first-order chi connectivity index (χ1) is 62.7. The number of Topliss-reactive ketones (excluding diaryl/α,β-unsaturated/α-hetero) is 2. The van der Waals surface area contributed by atoms with Gasteiger partial charge in [0, 0.05) is 92.4 Å². The summed E-state index contributed by atoms with van der Waals surface area (Å²) >= 11 is 3.07. The van der Waals surface area contributed by atoms with Crippen molar-refractivity contribution in [3.8, 4) is 63.1 Å². The van der Waals surface area contributed by atoms with Crippen LogP contribution in [0.5, 0.6) is 28.7 Å². The summed E-state index contributed by atoms with van der Waals surface area (Å²) in [7, 11) is 7.45. The largest absolute Gasteiger partial charge is 0.507 e. The zero-order valence-corrected chi connectivity index (χ0v) is 79.2. The number of piperazine rings is 2. The first-order valence-corrected chi connectivity index (χ1v) is 47.1. The van der Waals surface area contributed by atoms with Gasteiger partial charge in [0.05, 0.1) is 50.5 Å². The van der Waals surface area contributed by atoms with E-state index in [2.05, 4.69) is 163 Å². The molecule has 0 saturated carbocycles. The number of methoxy groups -OCH3 is 2. The van der Waals surface area contributed by atoms with E-state index in [0.717, 1.165) is 61.6 Å². The number of likely N-dealkylation sites (N-methyl/N-ethyl adjacent to an activating group) is 2. The molecule has 0 radical (unpaired) electrons. The molecule has 12 atom stereocenters. The van der Waals surface area contributed by atoms with Gasteiger partial charge in [0.15, 0.2) is 11.5 Å². The zero-order valence-electron chi connectivity index (χ0n) is 77.6. The van der Waals surface area contributed by atoms with Crippen LogP contribution >= 0.6 is 23.5 Å². The molecule has 2 saturated heterocycles.